The van der Waals surface area contributed by atoms with E-state index in [2.05, 4.69) is 20.8 Å². The van der Waals surface area contributed by atoms with Crippen molar-refractivity contribution in [1.82, 2.24) is 0 Å². The molecule has 1 fully saturated rings. The molecule has 3 unspecified atom stereocenters. The molecule has 0 bridgehead atoms. The second kappa shape index (κ2) is 6.62. The van der Waals surface area contributed by atoms with Gasteiger partial charge in [0.05, 0.1) is 5.56 Å². The molecule has 3 heteroatoms. The van der Waals surface area contributed by atoms with Gasteiger partial charge < -0.3 is 4.74 Å². The first-order chi connectivity index (χ1) is 9.47. The third-order valence-electron chi connectivity index (χ3n) is 4.28. The quantitative estimate of drug-likeness (QED) is 0.737. The Morgan fingerprint density at radius 2 is 2.10 bits per heavy atom. The SMILES string of the molecule is CC1CCC(C(C)C)C(OC(=O)c2cccc(Cl)c2)C1. The van der Waals surface area contributed by atoms with Gasteiger partial charge in [0.15, 0.2) is 0 Å². The molecule has 1 aromatic rings. The Bertz CT molecular complexity index is 470. The van der Waals surface area contributed by atoms with Crippen LogP contribution in [-0.4, -0.2) is 12.1 Å². The summed E-state index contributed by atoms with van der Waals surface area (Å²) >= 11 is 5.93. The minimum Gasteiger partial charge on any atom is -0.458 e. The molecule has 0 aromatic heterocycles. The molecule has 1 saturated carbocycles. The van der Waals surface area contributed by atoms with Gasteiger partial charge in [-0.05, 0) is 48.8 Å². The summed E-state index contributed by atoms with van der Waals surface area (Å²) in [5, 5.41) is 0.567. The Labute approximate surface area is 126 Å². The number of halogens is 1. The topological polar surface area (TPSA) is 26.3 Å². The molecule has 3 atom stereocenters. The van der Waals surface area contributed by atoms with E-state index in [0.29, 0.717) is 28.3 Å². The third-order valence-corrected chi connectivity index (χ3v) is 4.52. The van der Waals surface area contributed by atoms with Gasteiger partial charge in [-0.25, -0.2) is 4.79 Å². The maximum atomic E-state index is 12.3. The minimum absolute atomic E-state index is 0.0326. The summed E-state index contributed by atoms with van der Waals surface area (Å²) in [6.45, 7) is 6.65. The average molecular weight is 295 g/mol. The molecule has 1 aliphatic rings. The summed E-state index contributed by atoms with van der Waals surface area (Å²) < 4.78 is 5.78. The van der Waals surface area contributed by atoms with Gasteiger partial charge in [0.1, 0.15) is 6.10 Å². The highest BCUT2D eigenvalue weighted by Crippen LogP contribution is 2.35. The Kier molecular flexibility index (Phi) is 5.09. The van der Waals surface area contributed by atoms with Crippen LogP contribution in [0.5, 0.6) is 0 Å². The van der Waals surface area contributed by atoms with Crippen LogP contribution in [0.2, 0.25) is 5.02 Å². The lowest BCUT2D eigenvalue weighted by Gasteiger charge is -2.36. The van der Waals surface area contributed by atoms with Crippen LogP contribution in [0.25, 0.3) is 0 Å². The van der Waals surface area contributed by atoms with E-state index in [-0.39, 0.29) is 12.1 Å². The van der Waals surface area contributed by atoms with Crippen molar-refractivity contribution in [3.05, 3.63) is 34.9 Å². The van der Waals surface area contributed by atoms with Gasteiger partial charge in [-0.1, -0.05) is 44.9 Å². The maximum absolute atomic E-state index is 12.3. The van der Waals surface area contributed by atoms with Gasteiger partial charge in [0, 0.05) is 5.02 Å². The minimum atomic E-state index is -0.253. The summed E-state index contributed by atoms with van der Waals surface area (Å²) in [6.07, 6.45) is 3.38. The zero-order valence-electron chi connectivity index (χ0n) is 12.4. The van der Waals surface area contributed by atoms with E-state index in [4.69, 9.17) is 16.3 Å². The van der Waals surface area contributed by atoms with Crippen molar-refractivity contribution in [2.24, 2.45) is 17.8 Å². The molecule has 0 aliphatic heterocycles. The molecule has 110 valence electrons. The lowest BCUT2D eigenvalue weighted by molar-refractivity contribution is -0.0174. The highest BCUT2D eigenvalue weighted by molar-refractivity contribution is 6.30. The standard InChI is InChI=1S/C17H23ClO2/c1-11(2)15-8-7-12(3)9-16(15)20-17(19)13-5-4-6-14(18)10-13/h4-6,10-12,15-16H,7-9H2,1-3H3. The lowest BCUT2D eigenvalue weighted by Crippen LogP contribution is -2.35. The van der Waals surface area contributed by atoms with Crippen LogP contribution < -0.4 is 0 Å². The number of hydrogen-bond acceptors (Lipinski definition) is 2. The van der Waals surface area contributed by atoms with Crippen LogP contribution in [0.1, 0.15) is 50.4 Å². The lowest BCUT2D eigenvalue weighted by atomic mass is 9.75. The summed E-state index contributed by atoms with van der Waals surface area (Å²) in [7, 11) is 0. The number of carbonyl (C=O) groups excluding carboxylic acids is 1. The smallest absolute Gasteiger partial charge is 0.338 e. The first-order valence-electron chi connectivity index (χ1n) is 7.44. The number of esters is 1. The molecule has 20 heavy (non-hydrogen) atoms. The normalized spacial score (nSPS) is 26.6. The van der Waals surface area contributed by atoms with Crippen LogP contribution in [-0.2, 0) is 4.74 Å². The summed E-state index contributed by atoms with van der Waals surface area (Å²) in [5.74, 6) is 1.38. The van der Waals surface area contributed by atoms with Crippen molar-refractivity contribution >= 4 is 17.6 Å². The van der Waals surface area contributed by atoms with Crippen LogP contribution in [0.15, 0.2) is 24.3 Å². The van der Waals surface area contributed by atoms with Gasteiger partial charge in [-0.15, -0.1) is 0 Å². The molecule has 0 heterocycles. The van der Waals surface area contributed by atoms with E-state index in [1.807, 2.05) is 0 Å². The molecule has 0 saturated heterocycles. The van der Waals surface area contributed by atoms with E-state index in [0.717, 1.165) is 12.8 Å². The monoisotopic (exact) mass is 294 g/mol. The Balaban J connectivity index is 2.08. The summed E-state index contributed by atoms with van der Waals surface area (Å²) in [6, 6.07) is 6.96. The average Bonchev–Trinajstić information content (AvgIpc) is 2.38. The summed E-state index contributed by atoms with van der Waals surface area (Å²) in [4.78, 5) is 12.3. The largest absolute Gasteiger partial charge is 0.458 e. The van der Waals surface area contributed by atoms with Gasteiger partial charge >= 0.3 is 5.97 Å². The van der Waals surface area contributed by atoms with E-state index >= 15 is 0 Å². The van der Waals surface area contributed by atoms with E-state index < -0.39 is 0 Å². The Morgan fingerprint density at radius 3 is 2.75 bits per heavy atom. The van der Waals surface area contributed by atoms with Gasteiger partial charge in [0.25, 0.3) is 0 Å². The van der Waals surface area contributed by atoms with Crippen molar-refractivity contribution in [1.29, 1.82) is 0 Å². The molecule has 1 aromatic carbocycles. The molecule has 0 spiro atoms. The molecule has 2 rings (SSSR count). The molecule has 0 amide bonds. The number of rotatable bonds is 3. The van der Waals surface area contributed by atoms with Gasteiger partial charge in [-0.2, -0.15) is 0 Å². The fourth-order valence-electron chi connectivity index (χ4n) is 3.07. The molecule has 0 N–H and O–H groups in total. The molecular weight excluding hydrogens is 272 g/mol. The zero-order valence-corrected chi connectivity index (χ0v) is 13.2. The van der Waals surface area contributed by atoms with Gasteiger partial charge in [0.2, 0.25) is 0 Å². The van der Waals surface area contributed by atoms with Gasteiger partial charge in [-0.3, -0.25) is 0 Å². The molecule has 0 radical (unpaired) electrons. The van der Waals surface area contributed by atoms with E-state index in [9.17, 15) is 4.79 Å². The second-order valence-corrected chi connectivity index (χ2v) is 6.72. The predicted octanol–water partition coefficient (Wildman–Crippen LogP) is 4.96. The number of benzene rings is 1. The third kappa shape index (κ3) is 3.76. The Hall–Kier alpha value is -1.02. The number of carbonyl (C=O) groups is 1. The molecule has 2 nitrogen and oxygen atoms in total. The first kappa shape index (κ1) is 15.4. The van der Waals surface area contributed by atoms with Crippen molar-refractivity contribution in [2.75, 3.05) is 0 Å². The number of ether oxygens (including phenoxy) is 1. The highest BCUT2D eigenvalue weighted by atomic mass is 35.5. The summed E-state index contributed by atoms with van der Waals surface area (Å²) in [5.41, 5.74) is 0.540. The van der Waals surface area contributed by atoms with Crippen LogP contribution >= 0.6 is 11.6 Å². The predicted molar refractivity (Wildman–Crippen MR) is 82.0 cm³/mol. The van der Waals surface area contributed by atoms with Crippen molar-refractivity contribution < 1.29 is 9.53 Å². The number of hydrogen-bond donors (Lipinski definition) is 0. The Morgan fingerprint density at radius 1 is 1.35 bits per heavy atom. The van der Waals surface area contributed by atoms with Crippen LogP contribution in [0.3, 0.4) is 0 Å². The molecular formula is C17H23ClO2. The van der Waals surface area contributed by atoms with E-state index in [1.54, 1.807) is 24.3 Å². The van der Waals surface area contributed by atoms with Crippen molar-refractivity contribution in [2.45, 2.75) is 46.1 Å². The van der Waals surface area contributed by atoms with Crippen LogP contribution in [0, 0.1) is 17.8 Å². The highest BCUT2D eigenvalue weighted by Gasteiger charge is 2.33. The van der Waals surface area contributed by atoms with E-state index in [1.165, 1.54) is 6.42 Å². The van der Waals surface area contributed by atoms with Crippen LogP contribution in [0.4, 0.5) is 0 Å². The fourth-order valence-corrected chi connectivity index (χ4v) is 3.26. The molecule has 1 aliphatic carbocycles. The maximum Gasteiger partial charge on any atom is 0.338 e. The fraction of sp³-hybridized carbons (Fsp3) is 0.588. The zero-order chi connectivity index (χ0) is 14.7. The van der Waals surface area contributed by atoms with Crippen molar-refractivity contribution in [3.8, 4) is 0 Å². The second-order valence-electron chi connectivity index (χ2n) is 6.28. The first-order valence-corrected chi connectivity index (χ1v) is 7.81. The van der Waals surface area contributed by atoms with Crippen molar-refractivity contribution in [3.63, 3.8) is 0 Å².